The molecule has 0 saturated carbocycles. The summed E-state index contributed by atoms with van der Waals surface area (Å²) in [5, 5.41) is 10.4. The van der Waals surface area contributed by atoms with E-state index in [9.17, 15) is 5.11 Å². The number of benzene rings is 1. The number of aliphatic hydroxyl groups excluding tert-OH is 1. The normalized spacial score (nSPS) is 16.2. The molecule has 2 nitrogen and oxygen atoms in total. The summed E-state index contributed by atoms with van der Waals surface area (Å²) in [6.07, 6.45) is 1.68. The molecule has 1 aromatic carbocycles. The van der Waals surface area contributed by atoms with Gasteiger partial charge >= 0.3 is 0 Å². The van der Waals surface area contributed by atoms with Crippen LogP contribution in [0.2, 0.25) is 0 Å². The van der Waals surface area contributed by atoms with Crippen LogP contribution in [0.5, 0.6) is 0 Å². The summed E-state index contributed by atoms with van der Waals surface area (Å²) in [6.45, 7) is 8.25. The first kappa shape index (κ1) is 14.4. The Labute approximate surface area is 111 Å². The van der Waals surface area contributed by atoms with Gasteiger partial charge in [0, 0.05) is 11.1 Å². The van der Waals surface area contributed by atoms with Crippen molar-refractivity contribution in [2.45, 2.75) is 32.0 Å². The van der Waals surface area contributed by atoms with Gasteiger partial charge in [-0.25, -0.2) is 0 Å². The quantitative estimate of drug-likeness (QED) is 0.808. The van der Waals surface area contributed by atoms with Crippen molar-refractivity contribution in [1.29, 1.82) is 0 Å². The van der Waals surface area contributed by atoms with Crippen molar-refractivity contribution in [3.05, 3.63) is 47.0 Å². The molecule has 1 aromatic rings. The van der Waals surface area contributed by atoms with Crippen molar-refractivity contribution in [3.8, 4) is 0 Å². The van der Waals surface area contributed by atoms with Gasteiger partial charge in [0.25, 0.3) is 0 Å². The predicted octanol–water partition coefficient (Wildman–Crippen LogP) is 3.85. The Kier molecular flexibility index (Phi) is 5.37. The summed E-state index contributed by atoms with van der Waals surface area (Å²) in [7, 11) is 0. The van der Waals surface area contributed by atoms with Crippen molar-refractivity contribution in [3.63, 3.8) is 0 Å². The van der Waals surface area contributed by atoms with Crippen molar-refractivity contribution in [2.24, 2.45) is 0 Å². The summed E-state index contributed by atoms with van der Waals surface area (Å²) in [6, 6.07) is 7.60. The Balaban J connectivity index is 3.02. The van der Waals surface area contributed by atoms with Crippen LogP contribution in [0.4, 0.5) is 0 Å². The van der Waals surface area contributed by atoms with Crippen LogP contribution in [-0.4, -0.2) is 17.3 Å². The van der Waals surface area contributed by atoms with E-state index < -0.39 is 11.7 Å². The van der Waals surface area contributed by atoms with E-state index in [1.807, 2.05) is 38.1 Å². The monoisotopic (exact) mass is 298 g/mol. The Morgan fingerprint density at radius 1 is 1.41 bits per heavy atom. The van der Waals surface area contributed by atoms with Crippen LogP contribution in [0.15, 0.2) is 41.4 Å². The van der Waals surface area contributed by atoms with Crippen LogP contribution in [0.1, 0.15) is 31.9 Å². The van der Waals surface area contributed by atoms with E-state index >= 15 is 0 Å². The van der Waals surface area contributed by atoms with Crippen LogP contribution >= 0.6 is 15.9 Å². The lowest BCUT2D eigenvalue weighted by molar-refractivity contribution is -0.0920. The molecule has 0 radical (unpaired) electrons. The molecular weight excluding hydrogens is 280 g/mol. The van der Waals surface area contributed by atoms with Gasteiger partial charge < -0.3 is 9.84 Å². The Bertz CT molecular complexity index is 361. The van der Waals surface area contributed by atoms with E-state index in [0.717, 1.165) is 10.0 Å². The smallest absolute Gasteiger partial charge is 0.116 e. The van der Waals surface area contributed by atoms with Gasteiger partial charge in [-0.3, -0.25) is 0 Å². The molecule has 1 rings (SSSR count). The average molecular weight is 299 g/mol. The minimum absolute atomic E-state index is 0.549. The third kappa shape index (κ3) is 3.18. The second-order valence-electron chi connectivity index (χ2n) is 3.90. The summed E-state index contributed by atoms with van der Waals surface area (Å²) in [5.74, 6) is 0. The van der Waals surface area contributed by atoms with E-state index in [1.165, 1.54) is 0 Å². The fraction of sp³-hybridized carbons (Fsp3) is 0.429. The number of ether oxygens (including phenoxy) is 1. The molecule has 0 aliphatic heterocycles. The number of rotatable bonds is 6. The molecule has 0 fully saturated rings. The van der Waals surface area contributed by atoms with Crippen molar-refractivity contribution >= 4 is 15.9 Å². The van der Waals surface area contributed by atoms with E-state index in [4.69, 9.17) is 4.74 Å². The number of hydrogen-bond donors (Lipinski definition) is 1. The first-order valence-corrected chi connectivity index (χ1v) is 6.60. The van der Waals surface area contributed by atoms with Gasteiger partial charge in [0.05, 0.1) is 0 Å². The van der Waals surface area contributed by atoms with Crippen molar-refractivity contribution < 1.29 is 9.84 Å². The molecule has 0 spiro atoms. The van der Waals surface area contributed by atoms with Gasteiger partial charge in [-0.15, -0.1) is 6.58 Å². The largest absolute Gasteiger partial charge is 0.385 e. The standard InChI is InChI=1S/C14H19BrO2/c1-4-14(5-2,17-6-3)13(16)11-7-9-12(15)10-8-11/h4,7-10,13,16H,1,5-6H2,2-3H3/t13-,14+/m0/s1. The predicted molar refractivity (Wildman–Crippen MR) is 73.9 cm³/mol. The lowest BCUT2D eigenvalue weighted by Crippen LogP contribution is -2.36. The van der Waals surface area contributed by atoms with Crippen LogP contribution in [0.25, 0.3) is 0 Å². The Morgan fingerprint density at radius 3 is 2.41 bits per heavy atom. The Hall–Kier alpha value is -0.640. The first-order valence-electron chi connectivity index (χ1n) is 5.80. The zero-order valence-electron chi connectivity index (χ0n) is 10.3. The molecule has 0 saturated heterocycles. The topological polar surface area (TPSA) is 29.5 Å². The van der Waals surface area contributed by atoms with Gasteiger partial charge in [-0.05, 0) is 31.0 Å². The van der Waals surface area contributed by atoms with Crippen LogP contribution in [-0.2, 0) is 4.74 Å². The third-order valence-corrected chi connectivity index (χ3v) is 3.49. The van der Waals surface area contributed by atoms with Gasteiger partial charge in [-0.1, -0.05) is 41.1 Å². The average Bonchev–Trinajstić information content (AvgIpc) is 2.36. The SMILES string of the molecule is C=C[C@](CC)(OCC)[C@@H](O)c1ccc(Br)cc1. The maximum absolute atomic E-state index is 10.4. The minimum Gasteiger partial charge on any atom is -0.385 e. The lowest BCUT2D eigenvalue weighted by Gasteiger charge is -2.34. The van der Waals surface area contributed by atoms with E-state index in [-0.39, 0.29) is 0 Å². The van der Waals surface area contributed by atoms with Crippen molar-refractivity contribution in [1.82, 2.24) is 0 Å². The summed E-state index contributed by atoms with van der Waals surface area (Å²) < 4.78 is 6.69. The molecule has 0 aromatic heterocycles. The zero-order chi connectivity index (χ0) is 12.9. The van der Waals surface area contributed by atoms with Crippen LogP contribution < -0.4 is 0 Å². The van der Waals surface area contributed by atoms with Gasteiger partial charge in [0.2, 0.25) is 0 Å². The van der Waals surface area contributed by atoms with E-state index in [0.29, 0.717) is 13.0 Å². The molecule has 94 valence electrons. The first-order chi connectivity index (χ1) is 8.09. The van der Waals surface area contributed by atoms with E-state index in [2.05, 4.69) is 22.5 Å². The summed E-state index contributed by atoms with van der Waals surface area (Å²) >= 11 is 3.38. The second kappa shape index (κ2) is 6.34. The molecule has 3 heteroatoms. The number of halogens is 1. The number of hydrogen-bond acceptors (Lipinski definition) is 2. The number of aliphatic hydroxyl groups is 1. The minimum atomic E-state index is -0.706. The zero-order valence-corrected chi connectivity index (χ0v) is 11.9. The molecule has 2 atom stereocenters. The highest BCUT2D eigenvalue weighted by Crippen LogP contribution is 2.33. The van der Waals surface area contributed by atoms with Gasteiger partial charge in [0.1, 0.15) is 11.7 Å². The Morgan fingerprint density at radius 2 is 2.00 bits per heavy atom. The molecule has 0 heterocycles. The van der Waals surface area contributed by atoms with Crippen LogP contribution in [0.3, 0.4) is 0 Å². The maximum atomic E-state index is 10.4. The molecule has 0 bridgehead atoms. The second-order valence-corrected chi connectivity index (χ2v) is 4.82. The third-order valence-electron chi connectivity index (χ3n) is 2.96. The molecular formula is C14H19BrO2. The van der Waals surface area contributed by atoms with E-state index in [1.54, 1.807) is 6.08 Å². The maximum Gasteiger partial charge on any atom is 0.116 e. The molecule has 17 heavy (non-hydrogen) atoms. The van der Waals surface area contributed by atoms with Gasteiger partial charge in [0.15, 0.2) is 0 Å². The van der Waals surface area contributed by atoms with Gasteiger partial charge in [-0.2, -0.15) is 0 Å². The van der Waals surface area contributed by atoms with Crippen LogP contribution in [0, 0.1) is 0 Å². The lowest BCUT2D eigenvalue weighted by atomic mass is 9.88. The summed E-state index contributed by atoms with van der Waals surface area (Å²) in [4.78, 5) is 0. The fourth-order valence-corrected chi connectivity index (χ4v) is 2.15. The molecule has 1 N–H and O–H groups in total. The molecule has 0 aliphatic carbocycles. The van der Waals surface area contributed by atoms with Crippen molar-refractivity contribution in [2.75, 3.05) is 6.61 Å². The molecule has 0 unspecified atom stereocenters. The summed E-state index contributed by atoms with van der Waals surface area (Å²) in [5.41, 5.74) is 0.131. The highest BCUT2D eigenvalue weighted by Gasteiger charge is 2.34. The molecule has 0 amide bonds. The molecule has 0 aliphatic rings. The highest BCUT2D eigenvalue weighted by molar-refractivity contribution is 9.10. The highest BCUT2D eigenvalue weighted by atomic mass is 79.9. The fourth-order valence-electron chi connectivity index (χ4n) is 1.89.